The monoisotopic (exact) mass is 366 g/mol. The van der Waals surface area contributed by atoms with E-state index in [1.165, 1.54) is 13.2 Å². The molecule has 1 aromatic carbocycles. The van der Waals surface area contributed by atoms with Crippen LogP contribution in [-0.4, -0.2) is 45.4 Å². The summed E-state index contributed by atoms with van der Waals surface area (Å²) in [5.74, 6) is -0.660. The third kappa shape index (κ3) is 4.95. The zero-order valence-corrected chi connectivity index (χ0v) is 15.3. The number of methoxy groups -OCH3 is 1. The highest BCUT2D eigenvalue weighted by Gasteiger charge is 2.26. The second-order valence-corrected chi connectivity index (χ2v) is 5.91. The van der Waals surface area contributed by atoms with Gasteiger partial charge in [0.25, 0.3) is 0 Å². The van der Waals surface area contributed by atoms with Crippen LogP contribution in [0.5, 0.6) is 5.75 Å². The minimum Gasteiger partial charge on any atom is -0.494 e. The van der Waals surface area contributed by atoms with Crippen LogP contribution in [0.1, 0.15) is 19.4 Å². The number of hydrogen-bond donors (Lipinski definition) is 3. The lowest BCUT2D eigenvalue weighted by Gasteiger charge is -2.25. The lowest BCUT2D eigenvalue weighted by atomic mass is 10.1. The van der Waals surface area contributed by atoms with E-state index in [2.05, 4.69) is 10.6 Å². The molecule has 1 aliphatic rings. The predicted octanol–water partition coefficient (Wildman–Crippen LogP) is 0.369. The van der Waals surface area contributed by atoms with Gasteiger partial charge in [0, 0.05) is 5.56 Å². The third-order valence-corrected chi connectivity index (χ3v) is 4.17. The van der Waals surface area contributed by atoms with Gasteiger partial charge >= 0.3 is 12.0 Å². The molecule has 1 heterocycles. The van der Waals surface area contributed by atoms with Gasteiger partial charge in [-0.25, -0.2) is 14.0 Å². The van der Waals surface area contributed by atoms with Gasteiger partial charge in [0.1, 0.15) is 13.1 Å². The molecule has 2 amide bonds. The molecule has 0 radical (unpaired) electrons. The number of quaternary nitrogens is 1. The summed E-state index contributed by atoms with van der Waals surface area (Å²) in [5.41, 5.74) is 1.76. The summed E-state index contributed by atoms with van der Waals surface area (Å²) in [6.45, 7) is 5.81. The molecule has 1 aliphatic heterocycles. The fraction of sp³-hybridized carbons (Fsp3) is 0.444. The number of carbonyl (C=O) groups excluding carboxylic acids is 2. The molecule has 0 aromatic heterocycles. The number of esters is 1. The maximum atomic E-state index is 13.9. The van der Waals surface area contributed by atoms with Crippen LogP contribution in [-0.2, 0) is 16.1 Å². The number of nitrogens with one attached hydrogen (secondary N) is 3. The van der Waals surface area contributed by atoms with E-state index in [0.29, 0.717) is 24.4 Å². The van der Waals surface area contributed by atoms with Crippen molar-refractivity contribution >= 4 is 12.0 Å². The number of halogens is 1. The van der Waals surface area contributed by atoms with Crippen LogP contribution in [0.15, 0.2) is 29.5 Å². The van der Waals surface area contributed by atoms with Gasteiger partial charge in [-0.3, -0.25) is 0 Å². The van der Waals surface area contributed by atoms with Crippen molar-refractivity contribution in [2.45, 2.75) is 20.4 Å². The highest BCUT2D eigenvalue weighted by molar-refractivity contribution is 5.93. The molecule has 3 N–H and O–H groups in total. The maximum Gasteiger partial charge on any atom is 0.337 e. The highest BCUT2D eigenvalue weighted by Crippen LogP contribution is 2.17. The van der Waals surface area contributed by atoms with Gasteiger partial charge in [-0.15, -0.1) is 0 Å². The molecule has 1 aromatic rings. The van der Waals surface area contributed by atoms with E-state index in [1.807, 2.05) is 6.92 Å². The van der Waals surface area contributed by atoms with Gasteiger partial charge in [-0.2, -0.15) is 0 Å². The van der Waals surface area contributed by atoms with E-state index in [1.54, 1.807) is 19.1 Å². The summed E-state index contributed by atoms with van der Waals surface area (Å²) in [4.78, 5) is 24.8. The Morgan fingerprint density at radius 1 is 1.31 bits per heavy atom. The first-order valence-corrected chi connectivity index (χ1v) is 8.58. The van der Waals surface area contributed by atoms with Gasteiger partial charge in [0.2, 0.25) is 0 Å². The molecule has 0 aliphatic carbocycles. The zero-order chi connectivity index (χ0) is 19.1. The first-order valence-electron chi connectivity index (χ1n) is 8.58. The van der Waals surface area contributed by atoms with Crippen LogP contribution in [0.2, 0.25) is 0 Å². The Labute approximate surface area is 152 Å². The number of rotatable bonds is 8. The second kappa shape index (κ2) is 9.19. The molecule has 0 spiro atoms. The highest BCUT2D eigenvalue weighted by atomic mass is 19.1. The van der Waals surface area contributed by atoms with E-state index < -0.39 is 11.8 Å². The molecule has 2 rings (SSSR count). The number of ether oxygens (including phenoxy) is 2. The lowest BCUT2D eigenvalue weighted by Crippen LogP contribution is -3.10. The van der Waals surface area contributed by atoms with Crippen molar-refractivity contribution in [3.63, 3.8) is 0 Å². The van der Waals surface area contributed by atoms with Gasteiger partial charge in [0.15, 0.2) is 11.6 Å². The molecule has 0 fully saturated rings. The Balaban J connectivity index is 2.16. The Hall–Kier alpha value is -2.61. The maximum absolute atomic E-state index is 13.9. The van der Waals surface area contributed by atoms with E-state index in [9.17, 15) is 14.0 Å². The summed E-state index contributed by atoms with van der Waals surface area (Å²) in [6.07, 6.45) is 0. The summed E-state index contributed by atoms with van der Waals surface area (Å²) < 4.78 is 23.9. The van der Waals surface area contributed by atoms with Gasteiger partial charge in [-0.05, 0) is 32.0 Å². The van der Waals surface area contributed by atoms with Crippen molar-refractivity contribution < 1.29 is 28.4 Å². The van der Waals surface area contributed by atoms with Crippen molar-refractivity contribution in [1.29, 1.82) is 0 Å². The van der Waals surface area contributed by atoms with Crippen LogP contribution < -0.4 is 20.3 Å². The number of benzene rings is 1. The first kappa shape index (κ1) is 19.7. The van der Waals surface area contributed by atoms with Crippen LogP contribution in [0.25, 0.3) is 0 Å². The van der Waals surface area contributed by atoms with Crippen molar-refractivity contribution in [2.24, 2.45) is 0 Å². The molecule has 8 heteroatoms. The average molecular weight is 366 g/mol. The quantitative estimate of drug-likeness (QED) is 0.581. The molecular formula is C18H25FN3O4+. The smallest absolute Gasteiger partial charge is 0.337 e. The van der Waals surface area contributed by atoms with Crippen LogP contribution in [0.4, 0.5) is 9.18 Å². The molecule has 1 unspecified atom stereocenters. The molecule has 142 valence electrons. The molecule has 0 saturated carbocycles. The Bertz CT molecular complexity index is 706. The number of amides is 2. The fourth-order valence-corrected chi connectivity index (χ4v) is 2.77. The number of likely N-dealkylation sites (N-methyl/N-ethyl adjacent to an activating group) is 1. The number of carbonyl (C=O) groups is 2. The largest absolute Gasteiger partial charge is 0.494 e. The van der Waals surface area contributed by atoms with Crippen molar-refractivity contribution in [3.8, 4) is 5.75 Å². The second-order valence-electron chi connectivity index (χ2n) is 5.91. The Morgan fingerprint density at radius 3 is 2.69 bits per heavy atom. The number of hydrogen-bond acceptors (Lipinski definition) is 4. The van der Waals surface area contributed by atoms with Crippen molar-refractivity contribution in [2.75, 3.05) is 33.4 Å². The molecule has 1 atom stereocenters. The number of urea groups is 1. The normalized spacial score (nSPS) is 15.2. The van der Waals surface area contributed by atoms with E-state index in [4.69, 9.17) is 9.47 Å². The van der Waals surface area contributed by atoms with Crippen molar-refractivity contribution in [3.05, 3.63) is 40.8 Å². The molecule has 0 bridgehead atoms. The summed E-state index contributed by atoms with van der Waals surface area (Å²) >= 11 is 0. The van der Waals surface area contributed by atoms with Crippen LogP contribution in [0, 0.1) is 5.82 Å². The predicted molar refractivity (Wildman–Crippen MR) is 93.2 cm³/mol. The van der Waals surface area contributed by atoms with E-state index in [0.717, 1.165) is 17.0 Å². The SMILES string of the molecule is CCOC(=O)C1=C(C[NH+](CC)Cc2ccc(OC)c(F)c2)NC(=O)NC1. The van der Waals surface area contributed by atoms with Gasteiger partial charge < -0.3 is 25.0 Å². The summed E-state index contributed by atoms with van der Waals surface area (Å²) in [5, 5.41) is 5.28. The van der Waals surface area contributed by atoms with Crippen molar-refractivity contribution in [1.82, 2.24) is 10.6 Å². The fourth-order valence-electron chi connectivity index (χ4n) is 2.77. The summed E-state index contributed by atoms with van der Waals surface area (Å²) in [7, 11) is 1.42. The van der Waals surface area contributed by atoms with E-state index in [-0.39, 0.29) is 24.9 Å². The zero-order valence-electron chi connectivity index (χ0n) is 15.3. The lowest BCUT2D eigenvalue weighted by molar-refractivity contribution is -0.907. The minimum absolute atomic E-state index is 0.133. The standard InChI is InChI=1S/C18H24FN3O4/c1-4-22(10-12-6-7-16(25-3)14(19)8-12)11-15-13(17(23)26-5-2)9-20-18(24)21-15/h6-8H,4-5,9-11H2,1-3H3,(H2,20,21,24)/p+1. The summed E-state index contributed by atoms with van der Waals surface area (Å²) in [6, 6.07) is 4.49. The average Bonchev–Trinajstić information content (AvgIpc) is 2.61. The van der Waals surface area contributed by atoms with Gasteiger partial charge in [0.05, 0.1) is 38.1 Å². The molecule has 0 saturated heterocycles. The Morgan fingerprint density at radius 2 is 2.08 bits per heavy atom. The van der Waals surface area contributed by atoms with E-state index >= 15 is 0 Å². The molecule has 26 heavy (non-hydrogen) atoms. The third-order valence-electron chi connectivity index (χ3n) is 4.17. The van der Waals surface area contributed by atoms with Crippen LogP contribution >= 0.6 is 0 Å². The van der Waals surface area contributed by atoms with Gasteiger partial charge in [-0.1, -0.05) is 0 Å². The Kier molecular flexibility index (Phi) is 6.97. The molecule has 7 nitrogen and oxygen atoms in total. The van der Waals surface area contributed by atoms with Crippen LogP contribution in [0.3, 0.4) is 0 Å². The minimum atomic E-state index is -0.444. The topological polar surface area (TPSA) is 81.1 Å². The first-order chi connectivity index (χ1) is 12.5. The molecular weight excluding hydrogens is 341 g/mol.